The highest BCUT2D eigenvalue weighted by Crippen LogP contribution is 2.65. The molecule has 0 aromatic heterocycles. The van der Waals surface area contributed by atoms with Crippen LogP contribution in [0, 0.1) is 34.9 Å². The summed E-state index contributed by atoms with van der Waals surface area (Å²) < 4.78 is 14.0. The van der Waals surface area contributed by atoms with Crippen molar-refractivity contribution in [1.29, 1.82) is 0 Å². The number of amides is 4. The first kappa shape index (κ1) is 25.9. The minimum Gasteiger partial charge on any atom is -0.508 e. The van der Waals surface area contributed by atoms with Crippen molar-refractivity contribution < 1.29 is 33.9 Å². The third-order valence-electron chi connectivity index (χ3n) is 9.65. The number of anilines is 1. The first-order chi connectivity index (χ1) is 19.6. The summed E-state index contributed by atoms with van der Waals surface area (Å²) in [5.41, 5.74) is -0.165. The molecule has 1 saturated carbocycles. The average molecular weight is 575 g/mol. The number of fused-ring (bicyclic) bond motifs is 5. The number of aromatic hydroxyl groups is 1. The van der Waals surface area contributed by atoms with Gasteiger partial charge in [0.25, 0.3) is 11.8 Å². The summed E-state index contributed by atoms with van der Waals surface area (Å²) in [6, 6.07) is 14.3. The first-order valence-corrected chi connectivity index (χ1v) is 13.7. The smallest absolute Gasteiger partial charge is 0.257 e. The number of hydrogen-bond donors (Lipinski definition) is 2. The minimum absolute atomic E-state index is 0.0708. The standard InChI is InChI=1S/C31H24ClFN2O6/c1-31-20(28(38)34(30(31)40)15-7-10-22(33)21(32)12-15)13-19-17(8-9-18-24(19)29(39)35(41)27(18)37)26(31)25-16-5-3-2-4-14(16)6-11-23(25)36/h2-8,10-12,18-20,24,26,36,41H,9,13H2,1H3/t18-,19+,20-,24-,26+,31+/m0/s1. The number of carbonyl (C=O) groups excluding carboxylic acids is 4. The number of phenolic OH excluding ortho intramolecular Hbond substituents is 1. The van der Waals surface area contributed by atoms with Crippen LogP contribution in [0.4, 0.5) is 10.1 Å². The Morgan fingerprint density at radius 1 is 0.976 bits per heavy atom. The number of rotatable bonds is 2. The molecular formula is C31H24ClFN2O6. The molecular weight excluding hydrogens is 551 g/mol. The van der Waals surface area contributed by atoms with Gasteiger partial charge >= 0.3 is 0 Å². The van der Waals surface area contributed by atoms with E-state index in [2.05, 4.69) is 0 Å². The predicted molar refractivity (Wildman–Crippen MR) is 145 cm³/mol. The van der Waals surface area contributed by atoms with Crippen molar-refractivity contribution in [3.05, 3.63) is 82.6 Å². The second kappa shape index (κ2) is 8.71. The van der Waals surface area contributed by atoms with Crippen molar-refractivity contribution in [3.63, 3.8) is 0 Å². The second-order valence-electron chi connectivity index (χ2n) is 11.5. The SMILES string of the molecule is C[C@@]12C(=O)N(c3ccc(F)c(Cl)c3)C(=O)[C@@H]1C[C@@H]1C(=CC[C@@H]3C(=O)N(O)C(=O)[C@@H]31)[C@@H]2c1c(O)ccc2ccccc12. The van der Waals surface area contributed by atoms with E-state index >= 15 is 0 Å². The highest BCUT2D eigenvalue weighted by Gasteiger charge is 2.68. The van der Waals surface area contributed by atoms with Crippen LogP contribution in [0.25, 0.3) is 10.8 Å². The van der Waals surface area contributed by atoms with Gasteiger partial charge in [0.2, 0.25) is 11.8 Å². The number of hydroxylamine groups is 2. The molecule has 2 saturated heterocycles. The molecule has 6 atom stereocenters. The number of nitrogens with zero attached hydrogens (tertiary/aromatic N) is 2. The van der Waals surface area contributed by atoms with Crippen molar-refractivity contribution in [2.45, 2.75) is 25.7 Å². The number of benzene rings is 3. The lowest BCUT2D eigenvalue weighted by Gasteiger charge is -2.49. The molecule has 10 heteroatoms. The normalized spacial score (nSPS) is 30.9. The summed E-state index contributed by atoms with van der Waals surface area (Å²) in [4.78, 5) is 55.5. The zero-order valence-corrected chi connectivity index (χ0v) is 22.5. The molecule has 0 bridgehead atoms. The molecule has 3 fully saturated rings. The number of imide groups is 2. The summed E-state index contributed by atoms with van der Waals surface area (Å²) in [7, 11) is 0. The van der Waals surface area contributed by atoms with Crippen LogP contribution < -0.4 is 4.90 Å². The summed E-state index contributed by atoms with van der Waals surface area (Å²) in [6.45, 7) is 1.69. The molecule has 4 aliphatic rings. The van der Waals surface area contributed by atoms with E-state index in [9.17, 15) is 33.9 Å². The third-order valence-corrected chi connectivity index (χ3v) is 9.94. The Hall–Kier alpha value is -4.08. The Morgan fingerprint density at radius 3 is 2.49 bits per heavy atom. The van der Waals surface area contributed by atoms with Crippen LogP contribution in [0.1, 0.15) is 31.2 Å². The van der Waals surface area contributed by atoms with Crippen LogP contribution in [-0.2, 0) is 19.2 Å². The highest BCUT2D eigenvalue weighted by atomic mass is 35.5. The van der Waals surface area contributed by atoms with Gasteiger partial charge < -0.3 is 5.11 Å². The predicted octanol–water partition coefficient (Wildman–Crippen LogP) is 4.96. The lowest BCUT2D eigenvalue weighted by atomic mass is 9.51. The van der Waals surface area contributed by atoms with E-state index in [1.807, 2.05) is 30.3 Å². The zero-order valence-electron chi connectivity index (χ0n) is 21.8. The van der Waals surface area contributed by atoms with Crippen LogP contribution >= 0.6 is 11.6 Å². The molecule has 208 valence electrons. The van der Waals surface area contributed by atoms with Crippen molar-refractivity contribution in [3.8, 4) is 5.75 Å². The number of allylic oxidation sites excluding steroid dienone is 2. The quantitative estimate of drug-likeness (QED) is 0.254. The third kappa shape index (κ3) is 3.30. The molecule has 2 aliphatic heterocycles. The van der Waals surface area contributed by atoms with Crippen LogP contribution in [0.15, 0.2) is 66.2 Å². The van der Waals surface area contributed by atoms with E-state index in [-0.39, 0.29) is 34.4 Å². The Bertz CT molecular complexity index is 1760. The van der Waals surface area contributed by atoms with E-state index in [1.54, 1.807) is 19.1 Å². The fourth-order valence-corrected chi connectivity index (χ4v) is 7.94. The maximum Gasteiger partial charge on any atom is 0.257 e. The second-order valence-corrected chi connectivity index (χ2v) is 11.9. The van der Waals surface area contributed by atoms with Crippen LogP contribution in [-0.4, -0.2) is 39.0 Å². The van der Waals surface area contributed by atoms with Gasteiger partial charge in [-0.25, -0.2) is 9.29 Å². The molecule has 2 N–H and O–H groups in total. The fourth-order valence-electron chi connectivity index (χ4n) is 7.76. The van der Waals surface area contributed by atoms with Gasteiger partial charge in [-0.2, -0.15) is 5.06 Å². The lowest BCUT2D eigenvalue weighted by molar-refractivity contribution is -0.173. The van der Waals surface area contributed by atoms with Crippen LogP contribution in [0.5, 0.6) is 5.75 Å². The highest BCUT2D eigenvalue weighted by molar-refractivity contribution is 6.31. The molecule has 2 aliphatic carbocycles. The number of carbonyl (C=O) groups is 4. The zero-order chi connectivity index (χ0) is 29.0. The van der Waals surface area contributed by atoms with Crippen molar-refractivity contribution in [2.75, 3.05) is 4.90 Å². The van der Waals surface area contributed by atoms with Crippen molar-refractivity contribution in [2.24, 2.45) is 29.1 Å². The molecule has 3 aromatic rings. The topological polar surface area (TPSA) is 115 Å². The molecule has 41 heavy (non-hydrogen) atoms. The summed E-state index contributed by atoms with van der Waals surface area (Å²) in [5, 5.41) is 23.0. The average Bonchev–Trinajstić information content (AvgIpc) is 3.30. The largest absolute Gasteiger partial charge is 0.508 e. The molecule has 0 spiro atoms. The molecule has 8 nitrogen and oxygen atoms in total. The van der Waals surface area contributed by atoms with Gasteiger partial charge in [0, 0.05) is 11.5 Å². The van der Waals surface area contributed by atoms with E-state index < -0.39 is 64.5 Å². The Balaban J connectivity index is 1.48. The van der Waals surface area contributed by atoms with Gasteiger partial charge in [-0.05, 0) is 60.7 Å². The van der Waals surface area contributed by atoms with E-state index in [0.717, 1.165) is 16.4 Å². The maximum absolute atomic E-state index is 14.5. The molecule has 3 aromatic carbocycles. The Kier molecular flexibility index (Phi) is 5.49. The van der Waals surface area contributed by atoms with Gasteiger partial charge in [0.05, 0.1) is 33.9 Å². The van der Waals surface area contributed by atoms with Gasteiger partial charge in [-0.15, -0.1) is 0 Å². The molecule has 7 rings (SSSR count). The molecule has 0 radical (unpaired) electrons. The summed E-state index contributed by atoms with van der Waals surface area (Å²) in [6.07, 6.45) is 2.08. The minimum atomic E-state index is -1.40. The Labute approximate surface area is 238 Å². The number of halogens is 2. The van der Waals surface area contributed by atoms with Gasteiger partial charge in [0.15, 0.2) is 0 Å². The van der Waals surface area contributed by atoms with Crippen molar-refractivity contribution >= 4 is 51.7 Å². The lowest BCUT2D eigenvalue weighted by Crippen LogP contribution is -2.48. The van der Waals surface area contributed by atoms with Crippen LogP contribution in [0.2, 0.25) is 5.02 Å². The summed E-state index contributed by atoms with van der Waals surface area (Å²) >= 11 is 6.03. The number of phenols is 1. The first-order valence-electron chi connectivity index (χ1n) is 13.4. The van der Waals surface area contributed by atoms with Gasteiger partial charge in [-0.3, -0.25) is 24.4 Å². The van der Waals surface area contributed by atoms with Crippen molar-refractivity contribution in [1.82, 2.24) is 5.06 Å². The maximum atomic E-state index is 14.5. The van der Waals surface area contributed by atoms with E-state index in [4.69, 9.17) is 11.6 Å². The summed E-state index contributed by atoms with van der Waals surface area (Å²) in [5.74, 6) is -7.39. The molecule has 4 amide bonds. The van der Waals surface area contributed by atoms with E-state index in [1.165, 1.54) is 12.1 Å². The Morgan fingerprint density at radius 2 is 1.73 bits per heavy atom. The monoisotopic (exact) mass is 574 g/mol. The van der Waals surface area contributed by atoms with E-state index in [0.29, 0.717) is 16.5 Å². The van der Waals surface area contributed by atoms with Gasteiger partial charge in [0.1, 0.15) is 11.6 Å². The fraction of sp³-hybridized carbons (Fsp3) is 0.290. The molecule has 0 unspecified atom stereocenters. The number of hydrogen-bond acceptors (Lipinski definition) is 6. The molecule has 2 heterocycles. The van der Waals surface area contributed by atoms with Gasteiger partial charge in [-0.1, -0.05) is 53.6 Å². The van der Waals surface area contributed by atoms with Crippen LogP contribution in [0.3, 0.4) is 0 Å².